The summed E-state index contributed by atoms with van der Waals surface area (Å²) in [5, 5.41) is 0.742. The van der Waals surface area contributed by atoms with Crippen LogP contribution in [0.1, 0.15) is 23.7 Å². The van der Waals surface area contributed by atoms with Crippen LogP contribution in [0.5, 0.6) is 0 Å². The van der Waals surface area contributed by atoms with Gasteiger partial charge < -0.3 is 9.97 Å². The second-order valence-corrected chi connectivity index (χ2v) is 6.28. The lowest BCUT2D eigenvalue weighted by Crippen LogP contribution is -2.06. The zero-order valence-electron chi connectivity index (χ0n) is 14.2. The summed E-state index contributed by atoms with van der Waals surface area (Å²) < 4.78 is 0. The van der Waals surface area contributed by atoms with Crippen molar-refractivity contribution in [3.8, 4) is 11.1 Å². The predicted octanol–water partition coefficient (Wildman–Crippen LogP) is 4.68. The summed E-state index contributed by atoms with van der Waals surface area (Å²) in [6.45, 7) is 2.09. The van der Waals surface area contributed by atoms with Crippen LogP contribution in [0.2, 0.25) is 0 Å². The molecule has 0 aliphatic heterocycles. The summed E-state index contributed by atoms with van der Waals surface area (Å²) in [4.78, 5) is 18.4. The molecule has 0 saturated heterocycles. The fraction of sp³-hybridized carbons (Fsp3) is 0.136. The molecule has 0 unspecified atom stereocenters. The van der Waals surface area contributed by atoms with Crippen molar-refractivity contribution in [2.75, 3.05) is 0 Å². The van der Waals surface area contributed by atoms with Gasteiger partial charge >= 0.3 is 0 Å². The van der Waals surface area contributed by atoms with Crippen LogP contribution in [0, 0.1) is 0 Å². The lowest BCUT2D eigenvalue weighted by molar-refractivity contribution is 1.07. The summed E-state index contributed by atoms with van der Waals surface area (Å²) in [7, 11) is 0. The predicted molar refractivity (Wildman–Crippen MR) is 103 cm³/mol. The monoisotopic (exact) mass is 328 g/mol. The number of H-pyrrole nitrogens is 2. The summed E-state index contributed by atoms with van der Waals surface area (Å²) in [6, 6.07) is 20.8. The Morgan fingerprint density at radius 3 is 2.48 bits per heavy atom. The van der Waals surface area contributed by atoms with Crippen LogP contribution in [-0.4, -0.2) is 9.97 Å². The average molecular weight is 328 g/mol. The normalized spacial score (nSPS) is 11.1. The van der Waals surface area contributed by atoms with E-state index < -0.39 is 0 Å². The highest BCUT2D eigenvalue weighted by Crippen LogP contribution is 2.27. The van der Waals surface area contributed by atoms with Crippen molar-refractivity contribution in [3.63, 3.8) is 0 Å². The van der Waals surface area contributed by atoms with E-state index >= 15 is 0 Å². The molecule has 25 heavy (non-hydrogen) atoms. The van der Waals surface area contributed by atoms with Crippen LogP contribution in [0.15, 0.2) is 71.7 Å². The topological polar surface area (TPSA) is 48.6 Å². The number of aryl methyl sites for hydroxylation is 1. The summed E-state index contributed by atoms with van der Waals surface area (Å²) in [6.07, 6.45) is 3.48. The maximum atomic E-state index is 12.1. The Morgan fingerprint density at radius 1 is 0.920 bits per heavy atom. The van der Waals surface area contributed by atoms with Gasteiger partial charge in [0.2, 0.25) is 0 Å². The van der Waals surface area contributed by atoms with E-state index in [1.807, 2.05) is 18.3 Å². The number of aromatic amines is 2. The molecular formula is C22H20N2O. The minimum Gasteiger partial charge on any atom is -0.358 e. The molecule has 0 atom stereocenters. The first-order chi connectivity index (χ1) is 12.3. The molecule has 0 radical (unpaired) electrons. The molecule has 0 amide bonds. The van der Waals surface area contributed by atoms with E-state index in [0.717, 1.165) is 35.0 Å². The first-order valence-electron chi connectivity index (χ1n) is 8.61. The van der Waals surface area contributed by atoms with Crippen LogP contribution in [0.4, 0.5) is 0 Å². The maximum absolute atomic E-state index is 12.1. The molecule has 0 saturated carbocycles. The minimum atomic E-state index is -0.0361. The van der Waals surface area contributed by atoms with Gasteiger partial charge in [0.15, 0.2) is 0 Å². The molecule has 2 aromatic carbocycles. The molecule has 0 aliphatic rings. The van der Waals surface area contributed by atoms with Crippen molar-refractivity contribution in [2.24, 2.45) is 0 Å². The molecule has 3 nitrogen and oxygen atoms in total. The number of rotatable bonds is 4. The second-order valence-electron chi connectivity index (χ2n) is 6.28. The van der Waals surface area contributed by atoms with E-state index in [1.165, 1.54) is 16.7 Å². The van der Waals surface area contributed by atoms with Gasteiger partial charge in [0.25, 0.3) is 5.56 Å². The third kappa shape index (κ3) is 2.89. The first-order valence-corrected chi connectivity index (χ1v) is 8.61. The van der Waals surface area contributed by atoms with E-state index in [4.69, 9.17) is 0 Å². The maximum Gasteiger partial charge on any atom is 0.257 e. The number of pyridine rings is 1. The van der Waals surface area contributed by atoms with Crippen LogP contribution in [0.25, 0.3) is 22.0 Å². The van der Waals surface area contributed by atoms with Gasteiger partial charge in [0.1, 0.15) is 0 Å². The Balaban J connectivity index is 1.82. The Labute approximate surface area is 146 Å². The Bertz CT molecular complexity index is 1070. The van der Waals surface area contributed by atoms with Gasteiger partial charge in [-0.1, -0.05) is 61.5 Å². The fourth-order valence-corrected chi connectivity index (χ4v) is 3.35. The minimum absolute atomic E-state index is 0.0361. The number of aromatic nitrogens is 2. The molecule has 124 valence electrons. The number of hydrogen-bond acceptors (Lipinski definition) is 1. The SMILES string of the molecule is CCc1cc2c(=O)[nH]cc(Cc3ccccc3-c3ccccc3)c2[nH]1. The third-order valence-corrected chi connectivity index (χ3v) is 4.68. The largest absolute Gasteiger partial charge is 0.358 e. The summed E-state index contributed by atoms with van der Waals surface area (Å²) >= 11 is 0. The van der Waals surface area contributed by atoms with Crippen molar-refractivity contribution in [3.05, 3.63) is 94.0 Å². The molecule has 2 heterocycles. The molecule has 4 rings (SSSR count). The number of benzene rings is 2. The number of hydrogen-bond donors (Lipinski definition) is 2. The third-order valence-electron chi connectivity index (χ3n) is 4.68. The average Bonchev–Trinajstić information content (AvgIpc) is 3.11. The van der Waals surface area contributed by atoms with Gasteiger partial charge in [-0.2, -0.15) is 0 Å². The van der Waals surface area contributed by atoms with Crippen molar-refractivity contribution >= 4 is 10.9 Å². The molecule has 3 heteroatoms. The molecule has 0 bridgehead atoms. The molecule has 2 aromatic heterocycles. The van der Waals surface area contributed by atoms with Gasteiger partial charge in [-0.25, -0.2) is 0 Å². The molecule has 0 spiro atoms. The zero-order chi connectivity index (χ0) is 17.2. The Kier molecular flexibility index (Phi) is 3.98. The standard InChI is InChI=1S/C22H20N2O/c1-2-18-13-20-21(24-18)17(14-23-22(20)25)12-16-10-6-7-11-19(16)15-8-4-3-5-9-15/h3-11,13-14,24H,2,12H2,1H3,(H,23,25). The van der Waals surface area contributed by atoms with E-state index in [2.05, 4.69) is 65.4 Å². The van der Waals surface area contributed by atoms with Crippen LogP contribution in [-0.2, 0) is 12.8 Å². The quantitative estimate of drug-likeness (QED) is 0.561. The first kappa shape index (κ1) is 15.5. The lowest BCUT2D eigenvalue weighted by atomic mass is 9.95. The van der Waals surface area contributed by atoms with Gasteiger partial charge in [0, 0.05) is 18.3 Å². The molecule has 4 aromatic rings. The molecule has 0 aliphatic carbocycles. The smallest absolute Gasteiger partial charge is 0.257 e. The van der Waals surface area contributed by atoms with Gasteiger partial charge in [0.05, 0.1) is 10.9 Å². The molecule has 2 N–H and O–H groups in total. The Morgan fingerprint density at radius 2 is 1.68 bits per heavy atom. The van der Waals surface area contributed by atoms with E-state index in [1.54, 1.807) is 0 Å². The van der Waals surface area contributed by atoms with Crippen LogP contribution in [0.3, 0.4) is 0 Å². The fourth-order valence-electron chi connectivity index (χ4n) is 3.35. The zero-order valence-corrected chi connectivity index (χ0v) is 14.2. The highest BCUT2D eigenvalue weighted by molar-refractivity contribution is 5.83. The van der Waals surface area contributed by atoms with Gasteiger partial charge in [-0.05, 0) is 34.7 Å². The van der Waals surface area contributed by atoms with Crippen molar-refractivity contribution in [2.45, 2.75) is 19.8 Å². The lowest BCUT2D eigenvalue weighted by Gasteiger charge is -2.10. The van der Waals surface area contributed by atoms with E-state index in [9.17, 15) is 4.79 Å². The van der Waals surface area contributed by atoms with Crippen molar-refractivity contribution in [1.29, 1.82) is 0 Å². The molecule has 0 fully saturated rings. The highest BCUT2D eigenvalue weighted by atomic mass is 16.1. The van der Waals surface area contributed by atoms with Gasteiger partial charge in [-0.3, -0.25) is 4.79 Å². The van der Waals surface area contributed by atoms with E-state index in [-0.39, 0.29) is 5.56 Å². The van der Waals surface area contributed by atoms with Crippen molar-refractivity contribution < 1.29 is 0 Å². The molecular weight excluding hydrogens is 308 g/mol. The highest BCUT2D eigenvalue weighted by Gasteiger charge is 2.11. The van der Waals surface area contributed by atoms with E-state index in [0.29, 0.717) is 0 Å². The summed E-state index contributed by atoms with van der Waals surface area (Å²) in [5.74, 6) is 0. The van der Waals surface area contributed by atoms with Gasteiger partial charge in [-0.15, -0.1) is 0 Å². The van der Waals surface area contributed by atoms with Crippen LogP contribution >= 0.6 is 0 Å². The number of nitrogens with one attached hydrogen (secondary N) is 2. The van der Waals surface area contributed by atoms with Crippen molar-refractivity contribution in [1.82, 2.24) is 9.97 Å². The number of fused-ring (bicyclic) bond motifs is 1. The second kappa shape index (κ2) is 6.44. The van der Waals surface area contributed by atoms with Crippen LogP contribution < -0.4 is 5.56 Å². The summed E-state index contributed by atoms with van der Waals surface area (Å²) in [5.41, 5.74) is 6.79. The Hall–Kier alpha value is -3.07.